The molecule has 3 unspecified atom stereocenters. The molecule has 0 amide bonds. The molecule has 0 aromatic carbocycles. The third kappa shape index (κ3) is 2.12. The molecule has 2 rings (SSSR count). The first-order valence-corrected chi connectivity index (χ1v) is 7.89. The van der Waals surface area contributed by atoms with Crippen molar-refractivity contribution in [3.63, 3.8) is 0 Å². The van der Waals surface area contributed by atoms with E-state index < -0.39 is 10.2 Å². The summed E-state index contributed by atoms with van der Waals surface area (Å²) in [5.74, 6) is 0.982. The molecule has 17 heavy (non-hydrogen) atoms. The molecule has 0 spiro atoms. The van der Waals surface area contributed by atoms with E-state index >= 15 is 0 Å². The average Bonchev–Trinajstić information content (AvgIpc) is 2.83. The summed E-state index contributed by atoms with van der Waals surface area (Å²) >= 11 is 0. The van der Waals surface area contributed by atoms with Gasteiger partial charge in [-0.1, -0.05) is 13.8 Å². The standard InChI is InChI=1S/C11H23N3O2S/c1-4-13(5-2)17(15,16)14-8-10-6-12-7-11(10)9(14)3/h9-12H,4-8H2,1-3H3. The quantitative estimate of drug-likeness (QED) is 0.781. The van der Waals surface area contributed by atoms with Gasteiger partial charge in [0.2, 0.25) is 0 Å². The Balaban J connectivity index is 2.18. The summed E-state index contributed by atoms with van der Waals surface area (Å²) in [6.07, 6.45) is 0. The van der Waals surface area contributed by atoms with E-state index in [0.29, 0.717) is 31.5 Å². The van der Waals surface area contributed by atoms with Crippen LogP contribution in [0.4, 0.5) is 0 Å². The number of nitrogens with zero attached hydrogens (tertiary/aromatic N) is 2. The molecule has 6 heteroatoms. The van der Waals surface area contributed by atoms with Crippen LogP contribution in [0.5, 0.6) is 0 Å². The van der Waals surface area contributed by atoms with E-state index in [1.807, 2.05) is 20.8 Å². The van der Waals surface area contributed by atoms with Crippen LogP contribution < -0.4 is 5.32 Å². The zero-order valence-electron chi connectivity index (χ0n) is 10.9. The van der Waals surface area contributed by atoms with Gasteiger partial charge in [0.15, 0.2) is 0 Å². The molecule has 2 saturated heterocycles. The molecular formula is C11H23N3O2S. The molecule has 0 radical (unpaired) electrons. The van der Waals surface area contributed by atoms with Gasteiger partial charge in [-0.05, 0) is 31.8 Å². The fourth-order valence-electron chi connectivity index (χ4n) is 3.13. The Morgan fingerprint density at radius 1 is 1.29 bits per heavy atom. The van der Waals surface area contributed by atoms with Crippen LogP contribution >= 0.6 is 0 Å². The minimum Gasteiger partial charge on any atom is -0.316 e. The summed E-state index contributed by atoms with van der Waals surface area (Å²) < 4.78 is 28.2. The second-order valence-electron chi connectivity index (χ2n) is 4.98. The Morgan fingerprint density at radius 3 is 2.47 bits per heavy atom. The van der Waals surface area contributed by atoms with Crippen molar-refractivity contribution in [1.29, 1.82) is 0 Å². The second-order valence-corrected chi connectivity index (χ2v) is 6.87. The minimum atomic E-state index is -3.25. The van der Waals surface area contributed by atoms with Crippen LogP contribution in [0.3, 0.4) is 0 Å². The van der Waals surface area contributed by atoms with Gasteiger partial charge in [-0.25, -0.2) is 0 Å². The molecule has 2 fully saturated rings. The summed E-state index contributed by atoms with van der Waals surface area (Å²) in [4.78, 5) is 0. The van der Waals surface area contributed by atoms with Crippen LogP contribution in [0, 0.1) is 11.8 Å². The summed E-state index contributed by atoms with van der Waals surface area (Å²) in [6, 6.07) is 0.126. The van der Waals surface area contributed by atoms with Crippen LogP contribution in [0.25, 0.3) is 0 Å². The lowest BCUT2D eigenvalue weighted by Crippen LogP contribution is -2.46. The molecule has 0 aromatic rings. The average molecular weight is 261 g/mol. The predicted octanol–water partition coefficient (Wildman–Crippen LogP) is 0.113. The van der Waals surface area contributed by atoms with Crippen molar-refractivity contribution < 1.29 is 8.42 Å². The van der Waals surface area contributed by atoms with E-state index in [9.17, 15) is 8.42 Å². The maximum atomic E-state index is 12.5. The van der Waals surface area contributed by atoms with Crippen LogP contribution in [0.1, 0.15) is 20.8 Å². The first-order chi connectivity index (χ1) is 8.02. The minimum absolute atomic E-state index is 0.126. The van der Waals surface area contributed by atoms with Gasteiger partial charge < -0.3 is 5.32 Å². The molecule has 1 N–H and O–H groups in total. The van der Waals surface area contributed by atoms with Gasteiger partial charge in [-0.2, -0.15) is 17.0 Å². The molecule has 100 valence electrons. The summed E-state index contributed by atoms with van der Waals surface area (Å²) in [5.41, 5.74) is 0. The Kier molecular flexibility index (Phi) is 3.77. The third-order valence-corrected chi connectivity index (χ3v) is 6.45. The molecule has 2 aliphatic heterocycles. The van der Waals surface area contributed by atoms with Crippen LogP contribution in [0.15, 0.2) is 0 Å². The Labute approximate surface area is 104 Å². The second kappa shape index (κ2) is 4.84. The highest BCUT2D eigenvalue weighted by atomic mass is 32.2. The molecule has 3 atom stereocenters. The molecular weight excluding hydrogens is 238 g/mol. The molecule has 2 heterocycles. The van der Waals surface area contributed by atoms with Crippen molar-refractivity contribution in [1.82, 2.24) is 13.9 Å². The molecule has 5 nitrogen and oxygen atoms in total. The Hall–Kier alpha value is -0.170. The molecule has 0 saturated carbocycles. The third-order valence-electron chi connectivity index (χ3n) is 4.21. The van der Waals surface area contributed by atoms with Crippen molar-refractivity contribution in [3.8, 4) is 0 Å². The first kappa shape index (κ1) is 13.3. The lowest BCUT2D eigenvalue weighted by molar-refractivity contribution is 0.320. The zero-order chi connectivity index (χ0) is 12.6. The fourth-order valence-corrected chi connectivity index (χ4v) is 5.04. The lowest BCUT2D eigenvalue weighted by Gasteiger charge is -2.29. The van der Waals surface area contributed by atoms with E-state index in [1.54, 1.807) is 8.61 Å². The van der Waals surface area contributed by atoms with Gasteiger partial charge in [-0.15, -0.1) is 0 Å². The lowest BCUT2D eigenvalue weighted by atomic mass is 9.95. The molecule has 0 aliphatic carbocycles. The number of hydrogen-bond donors (Lipinski definition) is 1. The van der Waals surface area contributed by atoms with Crippen LogP contribution in [-0.2, 0) is 10.2 Å². The molecule has 0 bridgehead atoms. The van der Waals surface area contributed by atoms with Crippen molar-refractivity contribution >= 4 is 10.2 Å². The summed E-state index contributed by atoms with van der Waals surface area (Å²) in [5, 5.41) is 3.35. The highest BCUT2D eigenvalue weighted by Crippen LogP contribution is 2.34. The van der Waals surface area contributed by atoms with E-state index in [2.05, 4.69) is 5.32 Å². The zero-order valence-corrected chi connectivity index (χ0v) is 11.7. The van der Waals surface area contributed by atoms with E-state index in [0.717, 1.165) is 13.1 Å². The summed E-state index contributed by atoms with van der Waals surface area (Å²) in [7, 11) is -3.25. The smallest absolute Gasteiger partial charge is 0.282 e. The van der Waals surface area contributed by atoms with Gasteiger partial charge in [-0.3, -0.25) is 0 Å². The maximum Gasteiger partial charge on any atom is 0.282 e. The van der Waals surface area contributed by atoms with Gasteiger partial charge in [0.1, 0.15) is 0 Å². The number of hydrogen-bond acceptors (Lipinski definition) is 3. The van der Waals surface area contributed by atoms with E-state index in [-0.39, 0.29) is 6.04 Å². The molecule has 0 aromatic heterocycles. The predicted molar refractivity (Wildman–Crippen MR) is 67.9 cm³/mol. The Bertz CT molecular complexity index is 367. The van der Waals surface area contributed by atoms with Crippen molar-refractivity contribution in [2.75, 3.05) is 32.7 Å². The summed E-state index contributed by atoms with van der Waals surface area (Å²) in [6.45, 7) is 9.52. The number of rotatable bonds is 4. The highest BCUT2D eigenvalue weighted by molar-refractivity contribution is 7.86. The largest absolute Gasteiger partial charge is 0.316 e. The van der Waals surface area contributed by atoms with Gasteiger partial charge in [0.25, 0.3) is 10.2 Å². The number of fused-ring (bicyclic) bond motifs is 1. The monoisotopic (exact) mass is 261 g/mol. The van der Waals surface area contributed by atoms with Crippen LogP contribution in [0.2, 0.25) is 0 Å². The van der Waals surface area contributed by atoms with Gasteiger partial charge in [0, 0.05) is 25.7 Å². The SMILES string of the molecule is CCN(CC)S(=O)(=O)N1CC2CNCC2C1C. The maximum absolute atomic E-state index is 12.5. The van der Waals surface area contributed by atoms with E-state index in [4.69, 9.17) is 0 Å². The van der Waals surface area contributed by atoms with Crippen molar-refractivity contribution in [2.45, 2.75) is 26.8 Å². The van der Waals surface area contributed by atoms with Gasteiger partial charge >= 0.3 is 0 Å². The molecule has 2 aliphatic rings. The first-order valence-electron chi connectivity index (χ1n) is 6.50. The topological polar surface area (TPSA) is 52.7 Å². The van der Waals surface area contributed by atoms with Crippen molar-refractivity contribution in [3.05, 3.63) is 0 Å². The van der Waals surface area contributed by atoms with Gasteiger partial charge in [0.05, 0.1) is 0 Å². The Morgan fingerprint density at radius 2 is 1.94 bits per heavy atom. The van der Waals surface area contributed by atoms with E-state index in [1.165, 1.54) is 0 Å². The fraction of sp³-hybridized carbons (Fsp3) is 1.00. The number of nitrogens with one attached hydrogen (secondary N) is 1. The highest BCUT2D eigenvalue weighted by Gasteiger charge is 2.47. The normalized spacial score (nSPS) is 34.5. The van der Waals surface area contributed by atoms with Crippen molar-refractivity contribution in [2.24, 2.45) is 11.8 Å². The van der Waals surface area contributed by atoms with Crippen LogP contribution in [-0.4, -0.2) is 55.8 Å².